The summed E-state index contributed by atoms with van der Waals surface area (Å²) in [6.07, 6.45) is 2.60. The molecule has 1 saturated carbocycles. The van der Waals surface area contributed by atoms with Gasteiger partial charge in [-0.2, -0.15) is 0 Å². The van der Waals surface area contributed by atoms with Crippen LogP contribution >= 0.6 is 38.9 Å². The minimum Gasteiger partial charge on any atom is -0.309 e. The molecule has 1 fully saturated rings. The summed E-state index contributed by atoms with van der Waals surface area (Å²) in [5.74, 6) is 0.430. The minimum atomic E-state index is -0.323. The van der Waals surface area contributed by atoms with E-state index >= 15 is 0 Å². The maximum absolute atomic E-state index is 13.4. The molecule has 0 aliphatic heterocycles. The van der Waals surface area contributed by atoms with Crippen molar-refractivity contribution in [3.8, 4) is 10.4 Å². The Labute approximate surface area is 141 Å². The quantitative estimate of drug-likeness (QED) is 0.659. The summed E-state index contributed by atoms with van der Waals surface area (Å²) in [6.45, 7) is 3.10. The molecule has 1 N–H and O–H groups in total. The zero-order valence-electron chi connectivity index (χ0n) is 11.6. The van der Waals surface area contributed by atoms with Crippen LogP contribution in [0.4, 0.5) is 4.39 Å². The van der Waals surface area contributed by atoms with Crippen molar-refractivity contribution in [3.05, 3.63) is 44.5 Å². The highest BCUT2D eigenvalue weighted by molar-refractivity contribution is 9.10. The Morgan fingerprint density at radius 3 is 2.81 bits per heavy atom. The predicted octanol–water partition coefficient (Wildman–Crippen LogP) is 6.03. The highest BCUT2D eigenvalue weighted by Gasteiger charge is 2.32. The molecular formula is C16H16BrClFNS. The normalized spacial score (nSPS) is 16.2. The summed E-state index contributed by atoms with van der Waals surface area (Å²) in [7, 11) is 0. The molecule has 5 heteroatoms. The van der Waals surface area contributed by atoms with E-state index in [9.17, 15) is 4.39 Å². The summed E-state index contributed by atoms with van der Waals surface area (Å²) in [5, 5.41) is 4.02. The fourth-order valence-electron chi connectivity index (χ4n) is 2.58. The van der Waals surface area contributed by atoms with Crippen molar-refractivity contribution in [2.45, 2.75) is 25.8 Å². The molecule has 1 heterocycles. The standard InChI is InChI=1S/C16H16BrClFNS/c1-2-20-16(9-3-4-9)14-6-5-13(21-14)15-11(17)7-10(19)8-12(15)18/h5-9,16,20H,2-4H2,1H3. The first kappa shape index (κ1) is 15.5. The number of thiophene rings is 1. The van der Waals surface area contributed by atoms with Gasteiger partial charge in [-0.1, -0.05) is 18.5 Å². The summed E-state index contributed by atoms with van der Waals surface area (Å²) in [4.78, 5) is 2.41. The fraction of sp³-hybridized carbons (Fsp3) is 0.375. The first-order chi connectivity index (χ1) is 10.1. The third-order valence-corrected chi connectivity index (χ3v) is 5.81. The highest BCUT2D eigenvalue weighted by Crippen LogP contribution is 2.46. The Morgan fingerprint density at radius 2 is 2.19 bits per heavy atom. The number of nitrogens with one attached hydrogen (secondary N) is 1. The van der Waals surface area contributed by atoms with Gasteiger partial charge in [0.1, 0.15) is 5.82 Å². The Bertz CT molecular complexity index is 630. The number of halogens is 3. The van der Waals surface area contributed by atoms with E-state index in [0.717, 1.165) is 22.9 Å². The Morgan fingerprint density at radius 1 is 1.43 bits per heavy atom. The number of hydrogen-bond acceptors (Lipinski definition) is 2. The van der Waals surface area contributed by atoms with Crippen LogP contribution in [0.3, 0.4) is 0 Å². The molecule has 1 aromatic carbocycles. The molecule has 0 saturated heterocycles. The molecule has 21 heavy (non-hydrogen) atoms. The van der Waals surface area contributed by atoms with Crippen LogP contribution in [0.5, 0.6) is 0 Å². The van der Waals surface area contributed by atoms with Crippen molar-refractivity contribution < 1.29 is 4.39 Å². The molecule has 0 radical (unpaired) electrons. The summed E-state index contributed by atoms with van der Waals surface area (Å²) in [5.41, 5.74) is 0.875. The molecule has 1 aliphatic rings. The molecule has 0 bridgehead atoms. The van der Waals surface area contributed by atoms with Gasteiger partial charge in [0.25, 0.3) is 0 Å². The second-order valence-electron chi connectivity index (χ2n) is 5.32. The largest absolute Gasteiger partial charge is 0.309 e. The minimum absolute atomic E-state index is 0.323. The maximum atomic E-state index is 13.4. The van der Waals surface area contributed by atoms with E-state index in [1.807, 2.05) is 0 Å². The van der Waals surface area contributed by atoms with Crippen LogP contribution in [0.2, 0.25) is 5.02 Å². The van der Waals surface area contributed by atoms with Crippen LogP contribution in [0.15, 0.2) is 28.7 Å². The Hall–Kier alpha value is -0.420. The summed E-state index contributed by atoms with van der Waals surface area (Å²) >= 11 is 11.4. The predicted molar refractivity (Wildman–Crippen MR) is 91.6 cm³/mol. The molecule has 1 atom stereocenters. The SMILES string of the molecule is CCNC(c1ccc(-c2c(Cl)cc(F)cc2Br)s1)C1CC1. The van der Waals surface area contributed by atoms with Gasteiger partial charge in [0, 0.05) is 25.8 Å². The van der Waals surface area contributed by atoms with Crippen LogP contribution in [0, 0.1) is 11.7 Å². The molecule has 0 spiro atoms. The lowest BCUT2D eigenvalue weighted by atomic mass is 10.1. The smallest absolute Gasteiger partial charge is 0.125 e. The van der Waals surface area contributed by atoms with Gasteiger partial charge >= 0.3 is 0 Å². The first-order valence-electron chi connectivity index (χ1n) is 7.08. The third-order valence-electron chi connectivity index (χ3n) is 3.70. The topological polar surface area (TPSA) is 12.0 Å². The van der Waals surface area contributed by atoms with E-state index in [1.165, 1.54) is 29.9 Å². The van der Waals surface area contributed by atoms with E-state index in [0.29, 0.717) is 15.5 Å². The second kappa shape index (κ2) is 6.37. The van der Waals surface area contributed by atoms with Gasteiger partial charge in [0.05, 0.1) is 5.02 Å². The molecule has 1 unspecified atom stereocenters. The van der Waals surface area contributed by atoms with Crippen LogP contribution in [0.25, 0.3) is 10.4 Å². The van der Waals surface area contributed by atoms with Gasteiger partial charge in [-0.15, -0.1) is 11.3 Å². The van der Waals surface area contributed by atoms with Gasteiger partial charge in [-0.3, -0.25) is 0 Å². The zero-order chi connectivity index (χ0) is 15.0. The first-order valence-corrected chi connectivity index (χ1v) is 9.07. The number of benzene rings is 1. The van der Waals surface area contributed by atoms with E-state index in [4.69, 9.17) is 11.6 Å². The molecule has 112 valence electrons. The van der Waals surface area contributed by atoms with Crippen molar-refractivity contribution in [1.82, 2.24) is 5.32 Å². The molecule has 2 aromatic rings. The monoisotopic (exact) mass is 387 g/mol. The second-order valence-corrected chi connectivity index (χ2v) is 7.70. The van der Waals surface area contributed by atoms with Crippen LogP contribution in [-0.4, -0.2) is 6.54 Å². The van der Waals surface area contributed by atoms with Crippen molar-refractivity contribution in [2.75, 3.05) is 6.54 Å². The van der Waals surface area contributed by atoms with Gasteiger partial charge < -0.3 is 5.32 Å². The lowest BCUT2D eigenvalue weighted by Crippen LogP contribution is -2.21. The number of hydrogen-bond donors (Lipinski definition) is 1. The average Bonchev–Trinajstić information content (AvgIpc) is 3.14. The van der Waals surface area contributed by atoms with Crippen molar-refractivity contribution in [2.24, 2.45) is 5.92 Å². The van der Waals surface area contributed by atoms with Gasteiger partial charge in [0.2, 0.25) is 0 Å². The lowest BCUT2D eigenvalue weighted by Gasteiger charge is -2.15. The number of rotatable bonds is 5. The van der Waals surface area contributed by atoms with Crippen molar-refractivity contribution >= 4 is 38.9 Å². The third kappa shape index (κ3) is 3.34. The molecule has 3 rings (SSSR count). The molecular weight excluding hydrogens is 373 g/mol. The van der Waals surface area contributed by atoms with Crippen LogP contribution < -0.4 is 5.32 Å². The van der Waals surface area contributed by atoms with Gasteiger partial charge in [-0.25, -0.2) is 4.39 Å². The molecule has 1 aromatic heterocycles. The van der Waals surface area contributed by atoms with Gasteiger partial charge in [0.15, 0.2) is 0 Å². The fourth-order valence-corrected chi connectivity index (χ4v) is 5.09. The summed E-state index contributed by atoms with van der Waals surface area (Å²) < 4.78 is 14.1. The molecule has 0 amide bonds. The van der Waals surface area contributed by atoms with E-state index < -0.39 is 0 Å². The molecule has 1 nitrogen and oxygen atoms in total. The van der Waals surface area contributed by atoms with E-state index in [1.54, 1.807) is 11.3 Å². The Balaban J connectivity index is 1.94. The highest BCUT2D eigenvalue weighted by atomic mass is 79.9. The van der Waals surface area contributed by atoms with E-state index in [-0.39, 0.29) is 5.82 Å². The Kier molecular flexibility index (Phi) is 4.69. The average molecular weight is 389 g/mol. The van der Waals surface area contributed by atoms with Crippen molar-refractivity contribution in [3.63, 3.8) is 0 Å². The van der Waals surface area contributed by atoms with Crippen molar-refractivity contribution in [1.29, 1.82) is 0 Å². The van der Waals surface area contributed by atoms with Gasteiger partial charge in [-0.05, 0) is 65.5 Å². The lowest BCUT2D eigenvalue weighted by molar-refractivity contribution is 0.504. The van der Waals surface area contributed by atoms with Crippen LogP contribution in [0.1, 0.15) is 30.7 Å². The zero-order valence-corrected chi connectivity index (χ0v) is 14.8. The summed E-state index contributed by atoms with van der Waals surface area (Å²) in [6, 6.07) is 7.51. The maximum Gasteiger partial charge on any atom is 0.125 e. The van der Waals surface area contributed by atoms with E-state index in [2.05, 4.69) is 40.3 Å². The molecule has 1 aliphatic carbocycles. The van der Waals surface area contributed by atoms with Crippen LogP contribution in [-0.2, 0) is 0 Å².